The molecule has 0 unspecified atom stereocenters. The molecule has 2 N–H and O–H groups in total. The second-order valence-electron chi connectivity index (χ2n) is 15.7. The number of nitrogens with one attached hydrogen (secondary N) is 2. The molecule has 3 fully saturated rings. The Hall–Kier alpha value is -2.96. The number of ketones is 2. The molecule has 3 saturated carbocycles. The zero-order chi connectivity index (χ0) is 32.2. The molecule has 0 radical (unpaired) electrons. The standard InChI is InChI=1S/C33H42F3N3O4/c1-27(2)21-8-9-31(6)22(30(21,5)15-18(17-37)24(27)41)14-20(40)23-19-16-29(4,25(42)38-39-26(43)33(34,35)36)11-10-28(19,3)12-13-32(23,31)7/h14-15,19,21,23H,8-13,16H2,1-7H3,(H,38,42)(H,39,43)/t19-,21-,23-,28+,29-,30-,31+,32+/m0/s1. The average Bonchev–Trinajstić information content (AvgIpc) is 2.91. The first-order valence-electron chi connectivity index (χ1n) is 15.2. The molecule has 2 amide bonds. The van der Waals surface area contributed by atoms with Gasteiger partial charge in [-0.3, -0.25) is 30.0 Å². The maximum atomic E-state index is 14.4. The number of nitriles is 1. The van der Waals surface area contributed by atoms with Gasteiger partial charge in [0.2, 0.25) is 5.91 Å². The van der Waals surface area contributed by atoms with Gasteiger partial charge in [0.1, 0.15) is 6.07 Å². The zero-order valence-corrected chi connectivity index (χ0v) is 26.1. The second-order valence-corrected chi connectivity index (χ2v) is 15.7. The number of amides is 2. The lowest BCUT2D eigenvalue weighted by atomic mass is 9.34. The van der Waals surface area contributed by atoms with Crippen molar-refractivity contribution in [3.63, 3.8) is 0 Å². The highest BCUT2D eigenvalue weighted by Crippen LogP contribution is 2.74. The van der Waals surface area contributed by atoms with Crippen LogP contribution in [0.3, 0.4) is 0 Å². The summed E-state index contributed by atoms with van der Waals surface area (Å²) in [5.41, 5.74) is 0.992. The SMILES string of the molecule is CC1(C)C(=O)C(C#N)=C[C@]2(C)C3=CC(=O)[C@@H]4[C@@H]5C[C@@](C)(C(=O)NNC(=O)C(F)(F)F)CC[C@]5(C)CC[C@@]4(C)[C@]3(C)CC[C@@H]12. The van der Waals surface area contributed by atoms with Gasteiger partial charge in [0.05, 0.1) is 5.57 Å². The predicted molar refractivity (Wildman–Crippen MR) is 151 cm³/mol. The number of carbonyl (C=O) groups is 4. The fourth-order valence-electron chi connectivity index (χ4n) is 10.3. The number of hydrogen-bond donors (Lipinski definition) is 2. The fraction of sp³-hybridized carbons (Fsp3) is 0.727. The quantitative estimate of drug-likeness (QED) is 0.362. The van der Waals surface area contributed by atoms with E-state index in [1.807, 2.05) is 19.3 Å². The monoisotopic (exact) mass is 601 g/mol. The van der Waals surface area contributed by atoms with E-state index in [4.69, 9.17) is 0 Å². The summed E-state index contributed by atoms with van der Waals surface area (Å²) < 4.78 is 38.2. The van der Waals surface area contributed by atoms with Gasteiger partial charge in [-0.2, -0.15) is 18.4 Å². The van der Waals surface area contributed by atoms with Crippen molar-refractivity contribution in [2.24, 2.45) is 50.2 Å². The van der Waals surface area contributed by atoms with E-state index in [-0.39, 0.29) is 34.4 Å². The Morgan fingerprint density at radius 1 is 0.953 bits per heavy atom. The molecule has 0 spiro atoms. The van der Waals surface area contributed by atoms with Crippen LogP contribution in [0.25, 0.3) is 0 Å². The van der Waals surface area contributed by atoms with Crippen molar-refractivity contribution >= 4 is 23.4 Å². The summed E-state index contributed by atoms with van der Waals surface area (Å²) in [5.74, 6) is -3.79. The molecule has 8 atom stereocenters. The fourth-order valence-corrected chi connectivity index (χ4v) is 10.3. The van der Waals surface area contributed by atoms with Crippen LogP contribution in [0.2, 0.25) is 0 Å². The van der Waals surface area contributed by atoms with E-state index in [0.717, 1.165) is 31.3 Å². The van der Waals surface area contributed by atoms with Crippen LogP contribution in [0.1, 0.15) is 93.4 Å². The van der Waals surface area contributed by atoms with Crippen molar-refractivity contribution in [1.82, 2.24) is 10.9 Å². The summed E-state index contributed by atoms with van der Waals surface area (Å²) in [6, 6.07) is 2.11. The number of carbonyl (C=O) groups excluding carboxylic acids is 4. The lowest BCUT2D eigenvalue weighted by Crippen LogP contribution is -2.65. The highest BCUT2D eigenvalue weighted by atomic mass is 19.4. The summed E-state index contributed by atoms with van der Waals surface area (Å²) in [6.45, 7) is 14.1. The number of halogens is 3. The molecule has 0 aliphatic heterocycles. The molecule has 43 heavy (non-hydrogen) atoms. The van der Waals surface area contributed by atoms with E-state index in [9.17, 15) is 37.6 Å². The molecule has 7 nitrogen and oxygen atoms in total. The van der Waals surface area contributed by atoms with Crippen molar-refractivity contribution in [3.8, 4) is 6.07 Å². The van der Waals surface area contributed by atoms with Gasteiger partial charge in [0.25, 0.3) is 0 Å². The first-order chi connectivity index (χ1) is 19.6. The third kappa shape index (κ3) is 4.19. The Labute approximate surface area is 251 Å². The Morgan fingerprint density at radius 3 is 2.19 bits per heavy atom. The highest BCUT2D eigenvalue weighted by Gasteiger charge is 2.69. The molecule has 5 aliphatic carbocycles. The van der Waals surface area contributed by atoms with E-state index >= 15 is 0 Å². The van der Waals surface area contributed by atoms with E-state index in [2.05, 4.69) is 33.8 Å². The Bertz CT molecular complexity index is 1420. The number of alkyl halides is 3. The molecule has 0 aromatic heterocycles. The van der Waals surface area contributed by atoms with Crippen molar-refractivity contribution in [2.75, 3.05) is 0 Å². The van der Waals surface area contributed by atoms with Gasteiger partial charge in [-0.15, -0.1) is 0 Å². The Balaban J connectivity index is 1.54. The minimum atomic E-state index is -5.13. The van der Waals surface area contributed by atoms with Gasteiger partial charge in [0, 0.05) is 22.2 Å². The minimum absolute atomic E-state index is 0.0237. The normalized spacial score (nSPS) is 43.4. The van der Waals surface area contributed by atoms with Gasteiger partial charge >= 0.3 is 12.1 Å². The lowest BCUT2D eigenvalue weighted by molar-refractivity contribution is -0.177. The maximum Gasteiger partial charge on any atom is 0.472 e. The van der Waals surface area contributed by atoms with Crippen LogP contribution < -0.4 is 10.9 Å². The number of Topliss-reactive ketones (excluding diaryl/α,β-unsaturated/α-hetero) is 1. The minimum Gasteiger partial charge on any atom is -0.295 e. The van der Waals surface area contributed by atoms with Gasteiger partial charge in [-0.05, 0) is 79.1 Å². The molecule has 0 heterocycles. The Kier molecular flexibility index (Phi) is 6.79. The molecule has 5 aliphatic rings. The van der Waals surface area contributed by atoms with Crippen LogP contribution >= 0.6 is 0 Å². The second kappa shape index (κ2) is 9.28. The van der Waals surface area contributed by atoms with E-state index < -0.39 is 51.0 Å². The van der Waals surface area contributed by atoms with Gasteiger partial charge in [-0.25, -0.2) is 0 Å². The van der Waals surface area contributed by atoms with Crippen LogP contribution in [0, 0.1) is 61.6 Å². The summed E-state index contributed by atoms with van der Waals surface area (Å²) in [7, 11) is 0. The molecular formula is C33H42F3N3O4. The van der Waals surface area contributed by atoms with Crippen molar-refractivity contribution in [1.29, 1.82) is 5.26 Å². The smallest absolute Gasteiger partial charge is 0.295 e. The third-order valence-electron chi connectivity index (χ3n) is 13.2. The number of fused-ring (bicyclic) bond motifs is 7. The number of hydrazine groups is 1. The topological polar surface area (TPSA) is 116 Å². The first kappa shape index (κ1) is 31.5. The Morgan fingerprint density at radius 2 is 1.58 bits per heavy atom. The average molecular weight is 602 g/mol. The van der Waals surface area contributed by atoms with Crippen LogP contribution in [0.5, 0.6) is 0 Å². The molecule has 234 valence electrons. The van der Waals surface area contributed by atoms with Gasteiger partial charge < -0.3 is 0 Å². The van der Waals surface area contributed by atoms with Gasteiger partial charge in [0.15, 0.2) is 11.6 Å². The predicted octanol–water partition coefficient (Wildman–Crippen LogP) is 5.92. The number of allylic oxidation sites excluding steroid dienone is 4. The molecule has 10 heteroatoms. The summed E-state index contributed by atoms with van der Waals surface area (Å²) in [6.07, 6.45) is 2.99. The van der Waals surface area contributed by atoms with Crippen LogP contribution in [0.4, 0.5) is 13.2 Å². The number of rotatable bonds is 1. The van der Waals surface area contributed by atoms with Crippen molar-refractivity contribution < 1.29 is 32.3 Å². The highest BCUT2D eigenvalue weighted by molar-refractivity contribution is 6.04. The van der Waals surface area contributed by atoms with E-state index in [1.165, 1.54) is 5.43 Å². The summed E-state index contributed by atoms with van der Waals surface area (Å²) >= 11 is 0. The molecular weight excluding hydrogens is 559 g/mol. The zero-order valence-electron chi connectivity index (χ0n) is 26.1. The summed E-state index contributed by atoms with van der Waals surface area (Å²) in [5, 5.41) is 9.87. The van der Waals surface area contributed by atoms with Gasteiger partial charge in [-0.1, -0.05) is 60.1 Å². The van der Waals surface area contributed by atoms with Crippen LogP contribution in [-0.4, -0.2) is 29.6 Å². The van der Waals surface area contributed by atoms with Crippen LogP contribution in [-0.2, 0) is 19.2 Å². The molecule has 0 aromatic carbocycles. The maximum absolute atomic E-state index is 14.4. The van der Waals surface area contributed by atoms with Crippen LogP contribution in [0.15, 0.2) is 23.3 Å². The van der Waals surface area contributed by atoms with Crippen molar-refractivity contribution in [3.05, 3.63) is 23.3 Å². The third-order valence-corrected chi connectivity index (χ3v) is 13.2. The molecule has 0 saturated heterocycles. The van der Waals surface area contributed by atoms with Crippen molar-refractivity contribution in [2.45, 2.75) is 99.6 Å². The number of hydrogen-bond acceptors (Lipinski definition) is 5. The molecule has 0 bridgehead atoms. The van der Waals surface area contributed by atoms with E-state index in [0.29, 0.717) is 19.3 Å². The number of nitrogens with zero attached hydrogens (tertiary/aromatic N) is 1. The summed E-state index contributed by atoms with van der Waals surface area (Å²) in [4.78, 5) is 52.2. The first-order valence-corrected chi connectivity index (χ1v) is 15.2. The molecule has 0 aromatic rings. The van der Waals surface area contributed by atoms with E-state index in [1.54, 1.807) is 19.1 Å². The molecule has 5 rings (SSSR count). The lowest BCUT2D eigenvalue weighted by Gasteiger charge is -2.69. The largest absolute Gasteiger partial charge is 0.472 e.